The van der Waals surface area contributed by atoms with Crippen LogP contribution in [-0.2, 0) is 4.79 Å². The van der Waals surface area contributed by atoms with Gasteiger partial charge < -0.3 is 4.74 Å². The Hall–Kier alpha value is -2.75. The second-order valence-corrected chi connectivity index (χ2v) is 4.15. The van der Waals surface area contributed by atoms with Crippen LogP contribution in [0.4, 0.5) is 0 Å². The van der Waals surface area contributed by atoms with Crippen LogP contribution in [0.3, 0.4) is 0 Å². The Morgan fingerprint density at radius 2 is 1.40 bits per heavy atom. The average Bonchev–Trinajstić information content (AvgIpc) is 2.46. The number of hydrogen-bond donors (Lipinski definition) is 0. The van der Waals surface area contributed by atoms with Crippen LogP contribution in [0.2, 0.25) is 0 Å². The fraction of sp³-hybridized carbons (Fsp3) is 0.0625. The van der Waals surface area contributed by atoms with Crippen LogP contribution in [0.1, 0.15) is 27.6 Å². The Morgan fingerprint density at radius 1 is 0.800 bits per heavy atom. The first kappa shape index (κ1) is 13.7. The standard InChI is InChI=1S/C16H12O4/c1-11(17)20-14-9-5-8-13(10-14)16(19)15(18)12-6-3-2-4-7-12/h2-10H,1H3. The molecule has 0 atom stereocenters. The lowest BCUT2D eigenvalue weighted by Crippen LogP contribution is -2.14. The van der Waals surface area contributed by atoms with Gasteiger partial charge in [0.15, 0.2) is 0 Å². The fourth-order valence-electron chi connectivity index (χ4n) is 1.72. The maximum Gasteiger partial charge on any atom is 0.308 e. The molecule has 0 aliphatic heterocycles. The summed E-state index contributed by atoms with van der Waals surface area (Å²) in [6.07, 6.45) is 0. The summed E-state index contributed by atoms with van der Waals surface area (Å²) in [7, 11) is 0. The van der Waals surface area contributed by atoms with Crippen molar-refractivity contribution >= 4 is 17.5 Å². The van der Waals surface area contributed by atoms with E-state index in [0.717, 1.165) is 0 Å². The normalized spacial score (nSPS) is 9.85. The maximum absolute atomic E-state index is 12.1. The van der Waals surface area contributed by atoms with E-state index in [1.807, 2.05) is 0 Å². The zero-order valence-electron chi connectivity index (χ0n) is 10.8. The van der Waals surface area contributed by atoms with Gasteiger partial charge in [0, 0.05) is 18.1 Å². The van der Waals surface area contributed by atoms with Gasteiger partial charge in [-0.25, -0.2) is 0 Å². The number of carbonyl (C=O) groups is 3. The highest BCUT2D eigenvalue weighted by atomic mass is 16.5. The summed E-state index contributed by atoms with van der Waals surface area (Å²) >= 11 is 0. The van der Waals surface area contributed by atoms with Gasteiger partial charge in [-0.3, -0.25) is 14.4 Å². The number of Topliss-reactive ketones (excluding diaryl/α,β-unsaturated/α-hetero) is 2. The van der Waals surface area contributed by atoms with Crippen LogP contribution < -0.4 is 4.74 Å². The van der Waals surface area contributed by atoms with E-state index >= 15 is 0 Å². The quantitative estimate of drug-likeness (QED) is 0.370. The monoisotopic (exact) mass is 268 g/mol. The van der Waals surface area contributed by atoms with Crippen molar-refractivity contribution in [1.29, 1.82) is 0 Å². The molecule has 100 valence electrons. The van der Waals surface area contributed by atoms with E-state index in [9.17, 15) is 14.4 Å². The maximum atomic E-state index is 12.1. The Balaban J connectivity index is 2.25. The molecule has 20 heavy (non-hydrogen) atoms. The van der Waals surface area contributed by atoms with Crippen LogP contribution in [-0.4, -0.2) is 17.5 Å². The number of ketones is 2. The molecule has 0 heterocycles. The lowest BCUT2D eigenvalue weighted by molar-refractivity contribution is -0.131. The molecular weight excluding hydrogens is 256 g/mol. The summed E-state index contributed by atoms with van der Waals surface area (Å²) in [5, 5.41) is 0. The molecule has 0 aliphatic rings. The van der Waals surface area contributed by atoms with Crippen molar-refractivity contribution in [3.05, 3.63) is 65.7 Å². The number of hydrogen-bond acceptors (Lipinski definition) is 4. The van der Waals surface area contributed by atoms with Crippen molar-refractivity contribution < 1.29 is 19.1 Å². The van der Waals surface area contributed by atoms with Gasteiger partial charge in [-0.2, -0.15) is 0 Å². The molecule has 2 rings (SSSR count). The smallest absolute Gasteiger partial charge is 0.308 e. The van der Waals surface area contributed by atoms with E-state index in [0.29, 0.717) is 5.56 Å². The van der Waals surface area contributed by atoms with Gasteiger partial charge in [0.1, 0.15) is 5.75 Å². The summed E-state index contributed by atoms with van der Waals surface area (Å²) in [4.78, 5) is 35.0. The summed E-state index contributed by atoms with van der Waals surface area (Å²) in [5.74, 6) is -1.47. The Morgan fingerprint density at radius 3 is 2.05 bits per heavy atom. The van der Waals surface area contributed by atoms with E-state index in [4.69, 9.17) is 4.74 Å². The minimum atomic E-state index is -0.634. The number of esters is 1. The molecule has 0 unspecified atom stereocenters. The average molecular weight is 268 g/mol. The second kappa shape index (κ2) is 5.93. The molecule has 0 bridgehead atoms. The van der Waals surface area contributed by atoms with Gasteiger partial charge in [0.05, 0.1) is 0 Å². The Bertz CT molecular complexity index is 659. The summed E-state index contributed by atoms with van der Waals surface area (Å²) in [6.45, 7) is 1.27. The molecule has 0 aliphatic carbocycles. The van der Waals surface area contributed by atoms with Crippen molar-refractivity contribution in [2.24, 2.45) is 0 Å². The molecule has 4 nitrogen and oxygen atoms in total. The topological polar surface area (TPSA) is 60.4 Å². The predicted octanol–water partition coefficient (Wildman–Crippen LogP) is 2.68. The van der Waals surface area contributed by atoms with Crippen LogP contribution in [0.5, 0.6) is 5.75 Å². The van der Waals surface area contributed by atoms with Crippen molar-refractivity contribution in [3.8, 4) is 5.75 Å². The van der Waals surface area contributed by atoms with E-state index in [1.54, 1.807) is 42.5 Å². The number of benzene rings is 2. The summed E-state index contributed by atoms with van der Waals surface area (Å²) < 4.78 is 4.89. The molecular formula is C16H12O4. The Labute approximate surface area is 116 Å². The third kappa shape index (κ3) is 3.17. The number of rotatable bonds is 4. The fourth-order valence-corrected chi connectivity index (χ4v) is 1.72. The van der Waals surface area contributed by atoms with Crippen LogP contribution >= 0.6 is 0 Å². The molecule has 0 saturated carbocycles. The third-order valence-corrected chi connectivity index (χ3v) is 2.60. The van der Waals surface area contributed by atoms with Gasteiger partial charge in [0.2, 0.25) is 11.6 Å². The molecule has 2 aromatic carbocycles. The highest BCUT2D eigenvalue weighted by Crippen LogP contribution is 2.15. The van der Waals surface area contributed by atoms with Crippen molar-refractivity contribution in [2.75, 3.05) is 0 Å². The van der Waals surface area contributed by atoms with Crippen molar-refractivity contribution in [1.82, 2.24) is 0 Å². The van der Waals surface area contributed by atoms with Crippen molar-refractivity contribution in [2.45, 2.75) is 6.92 Å². The highest BCUT2D eigenvalue weighted by Gasteiger charge is 2.18. The summed E-state index contributed by atoms with van der Waals surface area (Å²) in [6, 6.07) is 14.3. The largest absolute Gasteiger partial charge is 0.427 e. The molecule has 0 aromatic heterocycles. The van der Waals surface area contributed by atoms with Crippen LogP contribution in [0.15, 0.2) is 54.6 Å². The first-order valence-corrected chi connectivity index (χ1v) is 6.00. The lowest BCUT2D eigenvalue weighted by Gasteiger charge is -2.04. The molecule has 0 spiro atoms. The third-order valence-electron chi connectivity index (χ3n) is 2.60. The molecule has 0 saturated heterocycles. The van der Waals surface area contributed by atoms with Crippen LogP contribution in [0.25, 0.3) is 0 Å². The summed E-state index contributed by atoms with van der Waals surface area (Å²) in [5.41, 5.74) is 0.521. The molecule has 4 heteroatoms. The lowest BCUT2D eigenvalue weighted by atomic mass is 10.0. The molecule has 0 N–H and O–H groups in total. The molecule has 0 fully saturated rings. The van der Waals surface area contributed by atoms with E-state index < -0.39 is 17.5 Å². The zero-order chi connectivity index (χ0) is 14.5. The van der Waals surface area contributed by atoms with E-state index in [2.05, 4.69) is 0 Å². The molecule has 2 aromatic rings. The number of ether oxygens (including phenoxy) is 1. The highest BCUT2D eigenvalue weighted by molar-refractivity contribution is 6.49. The first-order chi connectivity index (χ1) is 9.58. The predicted molar refractivity (Wildman–Crippen MR) is 72.9 cm³/mol. The van der Waals surface area contributed by atoms with Gasteiger partial charge in [0.25, 0.3) is 0 Å². The Kier molecular flexibility index (Phi) is 4.05. The van der Waals surface area contributed by atoms with E-state index in [1.165, 1.54) is 19.1 Å². The zero-order valence-corrected chi connectivity index (χ0v) is 10.8. The minimum absolute atomic E-state index is 0.192. The molecule has 0 amide bonds. The number of carbonyl (C=O) groups excluding carboxylic acids is 3. The van der Waals surface area contributed by atoms with Gasteiger partial charge in [-0.1, -0.05) is 42.5 Å². The van der Waals surface area contributed by atoms with Crippen molar-refractivity contribution in [3.63, 3.8) is 0 Å². The van der Waals surface area contributed by atoms with Gasteiger partial charge in [-0.15, -0.1) is 0 Å². The first-order valence-electron chi connectivity index (χ1n) is 6.00. The van der Waals surface area contributed by atoms with Gasteiger partial charge in [-0.05, 0) is 12.1 Å². The van der Waals surface area contributed by atoms with Gasteiger partial charge >= 0.3 is 5.97 Å². The SMILES string of the molecule is CC(=O)Oc1cccc(C(=O)C(=O)c2ccccc2)c1. The second-order valence-electron chi connectivity index (χ2n) is 4.15. The molecule has 0 radical (unpaired) electrons. The minimum Gasteiger partial charge on any atom is -0.427 e. The van der Waals surface area contributed by atoms with E-state index in [-0.39, 0.29) is 11.3 Å². The van der Waals surface area contributed by atoms with Crippen LogP contribution in [0, 0.1) is 0 Å².